The zero-order valence-electron chi connectivity index (χ0n) is 13.6. The number of halogens is 1. The minimum absolute atomic E-state index is 0. The molecule has 0 aromatic carbocycles. The lowest BCUT2D eigenvalue weighted by Gasteiger charge is -2.21. The van der Waals surface area contributed by atoms with Gasteiger partial charge < -0.3 is 16.0 Å². The fraction of sp³-hybridized carbons (Fsp3) is 0.533. The van der Waals surface area contributed by atoms with Crippen LogP contribution in [0.5, 0.6) is 0 Å². The second kappa shape index (κ2) is 10.4. The Kier molecular flexibility index (Phi) is 9.71. The number of carbonyl (C=O) groups is 1. The molecule has 0 bridgehead atoms. The second-order valence-electron chi connectivity index (χ2n) is 5.76. The molecule has 0 aliphatic carbocycles. The van der Waals surface area contributed by atoms with Crippen molar-refractivity contribution in [1.29, 1.82) is 0 Å². The number of nitrogens with one attached hydrogen (secondary N) is 3. The predicted molar refractivity (Wildman–Crippen MR) is 101 cm³/mol. The highest BCUT2D eigenvalue weighted by Gasteiger charge is 2.13. The standard InChI is InChI=1S/C15H25N5O.HI/c1-15(2,3)20-13(21)11-19-14(16-4)18-9-7-12-6-5-8-17-10-12;/h5-6,8,10H,7,9,11H2,1-4H3,(H,20,21)(H2,16,18,19);1H. The number of guanidine groups is 1. The first-order chi connectivity index (χ1) is 9.90. The lowest BCUT2D eigenvalue weighted by atomic mass is 10.1. The molecule has 0 saturated heterocycles. The van der Waals surface area contributed by atoms with Crippen LogP contribution in [0.15, 0.2) is 29.5 Å². The van der Waals surface area contributed by atoms with Crippen molar-refractivity contribution in [2.24, 2.45) is 4.99 Å². The van der Waals surface area contributed by atoms with Gasteiger partial charge in [-0.05, 0) is 38.8 Å². The van der Waals surface area contributed by atoms with E-state index in [1.54, 1.807) is 13.2 Å². The Morgan fingerprint density at radius 1 is 1.32 bits per heavy atom. The van der Waals surface area contributed by atoms with Crippen LogP contribution in [0.3, 0.4) is 0 Å². The van der Waals surface area contributed by atoms with Crippen LogP contribution in [0, 0.1) is 0 Å². The van der Waals surface area contributed by atoms with Gasteiger partial charge in [-0.15, -0.1) is 24.0 Å². The van der Waals surface area contributed by atoms with Crippen molar-refractivity contribution < 1.29 is 4.79 Å². The zero-order chi connectivity index (χ0) is 15.7. The maximum Gasteiger partial charge on any atom is 0.239 e. The molecule has 0 saturated carbocycles. The summed E-state index contributed by atoms with van der Waals surface area (Å²) in [5.41, 5.74) is 0.932. The van der Waals surface area contributed by atoms with Crippen LogP contribution in [0.2, 0.25) is 0 Å². The van der Waals surface area contributed by atoms with Crippen molar-refractivity contribution >= 4 is 35.8 Å². The summed E-state index contributed by atoms with van der Waals surface area (Å²) in [7, 11) is 1.68. The van der Waals surface area contributed by atoms with Crippen LogP contribution < -0.4 is 16.0 Å². The molecule has 1 amide bonds. The number of nitrogens with zero attached hydrogens (tertiary/aromatic N) is 2. The monoisotopic (exact) mass is 419 g/mol. The zero-order valence-corrected chi connectivity index (χ0v) is 16.0. The van der Waals surface area contributed by atoms with Crippen LogP contribution in [-0.4, -0.2) is 42.5 Å². The molecule has 6 nitrogen and oxygen atoms in total. The van der Waals surface area contributed by atoms with E-state index in [0.29, 0.717) is 5.96 Å². The molecule has 1 aromatic rings. The topological polar surface area (TPSA) is 78.4 Å². The molecule has 0 radical (unpaired) electrons. The molecule has 0 fully saturated rings. The van der Waals surface area contributed by atoms with E-state index in [4.69, 9.17) is 0 Å². The summed E-state index contributed by atoms with van der Waals surface area (Å²) in [6.07, 6.45) is 4.45. The Morgan fingerprint density at radius 3 is 2.59 bits per heavy atom. The number of aromatic nitrogens is 1. The van der Waals surface area contributed by atoms with Crippen molar-refractivity contribution in [1.82, 2.24) is 20.9 Å². The van der Waals surface area contributed by atoms with E-state index >= 15 is 0 Å². The van der Waals surface area contributed by atoms with Gasteiger partial charge in [0, 0.05) is 31.5 Å². The van der Waals surface area contributed by atoms with Crippen LogP contribution in [0.25, 0.3) is 0 Å². The van der Waals surface area contributed by atoms with Gasteiger partial charge in [0.15, 0.2) is 5.96 Å². The highest BCUT2D eigenvalue weighted by molar-refractivity contribution is 14.0. The van der Waals surface area contributed by atoms with Crippen molar-refractivity contribution in [3.63, 3.8) is 0 Å². The highest BCUT2D eigenvalue weighted by atomic mass is 127. The van der Waals surface area contributed by atoms with Crippen molar-refractivity contribution in [2.45, 2.75) is 32.7 Å². The van der Waals surface area contributed by atoms with E-state index in [9.17, 15) is 4.79 Å². The largest absolute Gasteiger partial charge is 0.356 e. The number of hydrogen-bond donors (Lipinski definition) is 3. The molecular weight excluding hydrogens is 393 g/mol. The van der Waals surface area contributed by atoms with Crippen LogP contribution >= 0.6 is 24.0 Å². The lowest BCUT2D eigenvalue weighted by molar-refractivity contribution is -0.121. The molecule has 22 heavy (non-hydrogen) atoms. The highest BCUT2D eigenvalue weighted by Crippen LogP contribution is 1.97. The van der Waals surface area contributed by atoms with E-state index in [-0.39, 0.29) is 42.0 Å². The van der Waals surface area contributed by atoms with E-state index in [1.165, 1.54) is 0 Å². The molecule has 124 valence electrons. The molecule has 1 rings (SSSR count). The maximum absolute atomic E-state index is 11.7. The van der Waals surface area contributed by atoms with Gasteiger partial charge >= 0.3 is 0 Å². The number of rotatable bonds is 5. The van der Waals surface area contributed by atoms with E-state index < -0.39 is 0 Å². The maximum atomic E-state index is 11.7. The third-order valence-electron chi connectivity index (χ3n) is 2.58. The smallest absolute Gasteiger partial charge is 0.239 e. The summed E-state index contributed by atoms with van der Waals surface area (Å²) in [6, 6.07) is 3.95. The molecular formula is C15H26IN5O. The summed E-state index contributed by atoms with van der Waals surface area (Å²) in [6.45, 7) is 6.78. The van der Waals surface area contributed by atoms with E-state index in [1.807, 2.05) is 39.1 Å². The molecule has 0 aliphatic rings. The van der Waals surface area contributed by atoms with Crippen LogP contribution in [0.1, 0.15) is 26.3 Å². The summed E-state index contributed by atoms with van der Waals surface area (Å²) >= 11 is 0. The normalized spacial score (nSPS) is 11.4. The predicted octanol–water partition coefficient (Wildman–Crippen LogP) is 1.32. The first-order valence-corrected chi connectivity index (χ1v) is 7.05. The van der Waals surface area contributed by atoms with Crippen LogP contribution in [-0.2, 0) is 11.2 Å². The molecule has 1 heterocycles. The first kappa shape index (κ1) is 20.6. The Morgan fingerprint density at radius 2 is 2.05 bits per heavy atom. The first-order valence-electron chi connectivity index (χ1n) is 7.05. The molecule has 0 aliphatic heterocycles. The third kappa shape index (κ3) is 9.54. The minimum Gasteiger partial charge on any atom is -0.356 e. The third-order valence-corrected chi connectivity index (χ3v) is 2.58. The quantitative estimate of drug-likeness (QED) is 0.382. The van der Waals surface area contributed by atoms with Crippen molar-refractivity contribution in [3.05, 3.63) is 30.1 Å². The Hall–Kier alpha value is -1.38. The molecule has 0 atom stereocenters. The van der Waals surface area contributed by atoms with Crippen molar-refractivity contribution in [2.75, 3.05) is 20.1 Å². The molecule has 1 aromatic heterocycles. The second-order valence-corrected chi connectivity index (χ2v) is 5.76. The molecule has 7 heteroatoms. The number of amides is 1. The summed E-state index contributed by atoms with van der Waals surface area (Å²) in [5, 5.41) is 9.04. The number of carbonyl (C=O) groups excluding carboxylic acids is 1. The minimum atomic E-state index is -0.226. The van der Waals surface area contributed by atoms with Gasteiger partial charge in [0.05, 0.1) is 6.54 Å². The van der Waals surface area contributed by atoms with Crippen LogP contribution in [0.4, 0.5) is 0 Å². The Balaban J connectivity index is 0.00000441. The van der Waals surface area contributed by atoms with Gasteiger partial charge in [-0.3, -0.25) is 14.8 Å². The molecule has 0 spiro atoms. The van der Waals surface area contributed by atoms with Gasteiger partial charge in [-0.1, -0.05) is 6.07 Å². The lowest BCUT2D eigenvalue weighted by Crippen LogP contribution is -2.48. The summed E-state index contributed by atoms with van der Waals surface area (Å²) < 4.78 is 0. The summed E-state index contributed by atoms with van der Waals surface area (Å²) in [5.74, 6) is 0.556. The number of hydrogen-bond acceptors (Lipinski definition) is 3. The van der Waals surface area contributed by atoms with Gasteiger partial charge in [0.2, 0.25) is 5.91 Å². The van der Waals surface area contributed by atoms with E-state index in [0.717, 1.165) is 18.5 Å². The fourth-order valence-corrected chi connectivity index (χ4v) is 1.72. The number of aliphatic imine (C=N–C) groups is 1. The number of pyridine rings is 1. The average molecular weight is 419 g/mol. The SMILES string of the molecule is CN=C(NCCc1cccnc1)NCC(=O)NC(C)(C)C.I. The summed E-state index contributed by atoms with van der Waals surface area (Å²) in [4.78, 5) is 19.9. The van der Waals surface area contributed by atoms with Gasteiger partial charge in [-0.2, -0.15) is 0 Å². The van der Waals surface area contributed by atoms with Crippen molar-refractivity contribution in [3.8, 4) is 0 Å². The molecule has 0 unspecified atom stereocenters. The van der Waals surface area contributed by atoms with Gasteiger partial charge in [0.25, 0.3) is 0 Å². The van der Waals surface area contributed by atoms with Gasteiger partial charge in [-0.25, -0.2) is 0 Å². The average Bonchev–Trinajstić information content (AvgIpc) is 2.42. The fourth-order valence-electron chi connectivity index (χ4n) is 1.72. The molecule has 3 N–H and O–H groups in total. The Bertz CT molecular complexity index is 471. The van der Waals surface area contributed by atoms with Gasteiger partial charge in [0.1, 0.15) is 0 Å². The Labute approximate surface area is 149 Å². The van der Waals surface area contributed by atoms with E-state index in [2.05, 4.69) is 25.9 Å².